The van der Waals surface area contributed by atoms with E-state index in [-0.39, 0.29) is 6.61 Å². The fourth-order valence-electron chi connectivity index (χ4n) is 1.39. The molecule has 0 saturated heterocycles. The molecule has 68 valence electrons. The zero-order valence-electron chi connectivity index (χ0n) is 7.03. The van der Waals surface area contributed by atoms with E-state index in [9.17, 15) is 5.11 Å². The second-order valence-corrected chi connectivity index (χ2v) is 3.83. The van der Waals surface area contributed by atoms with Crippen molar-refractivity contribution in [3.05, 3.63) is 29.1 Å². The number of aromatic hydroxyl groups is 1. The number of aliphatic hydroxyl groups is 1. The Balaban J connectivity index is 2.55. The highest BCUT2D eigenvalue weighted by molar-refractivity contribution is 7.17. The summed E-state index contributed by atoms with van der Waals surface area (Å²) in [7, 11) is 0. The van der Waals surface area contributed by atoms with Gasteiger partial charge in [-0.1, -0.05) is 0 Å². The van der Waals surface area contributed by atoms with Crippen LogP contribution in [0.4, 0.5) is 0 Å². The van der Waals surface area contributed by atoms with Gasteiger partial charge in [0, 0.05) is 11.3 Å². The Bertz CT molecular complexity index is 420. The molecule has 2 aromatic rings. The normalized spacial score (nSPS) is 10.8. The lowest BCUT2D eigenvalue weighted by atomic mass is 10.1. The Morgan fingerprint density at radius 1 is 1.31 bits per heavy atom. The average molecular weight is 194 g/mol. The molecule has 13 heavy (non-hydrogen) atoms. The fraction of sp³-hybridized carbons (Fsp3) is 0.200. The van der Waals surface area contributed by atoms with E-state index >= 15 is 0 Å². The van der Waals surface area contributed by atoms with Crippen molar-refractivity contribution in [1.29, 1.82) is 0 Å². The SMILES string of the molecule is OCCc1csc2cc(O)ccc12. The van der Waals surface area contributed by atoms with Gasteiger partial charge in [0.25, 0.3) is 0 Å². The summed E-state index contributed by atoms with van der Waals surface area (Å²) in [6.07, 6.45) is 0.685. The number of hydrogen-bond acceptors (Lipinski definition) is 3. The van der Waals surface area contributed by atoms with Gasteiger partial charge >= 0.3 is 0 Å². The van der Waals surface area contributed by atoms with Crippen LogP contribution in [0.15, 0.2) is 23.6 Å². The van der Waals surface area contributed by atoms with Crippen molar-refractivity contribution in [3.8, 4) is 5.75 Å². The molecule has 0 radical (unpaired) electrons. The van der Waals surface area contributed by atoms with Crippen LogP contribution in [0, 0.1) is 0 Å². The van der Waals surface area contributed by atoms with E-state index in [0.29, 0.717) is 12.2 Å². The Morgan fingerprint density at radius 3 is 2.92 bits per heavy atom. The van der Waals surface area contributed by atoms with E-state index < -0.39 is 0 Å². The summed E-state index contributed by atoms with van der Waals surface area (Å²) in [6, 6.07) is 5.32. The minimum atomic E-state index is 0.173. The number of phenols is 1. The van der Waals surface area contributed by atoms with Crippen LogP contribution in [-0.4, -0.2) is 16.8 Å². The molecule has 0 fully saturated rings. The first-order valence-corrected chi connectivity index (χ1v) is 4.99. The van der Waals surface area contributed by atoms with Crippen LogP contribution < -0.4 is 0 Å². The maximum Gasteiger partial charge on any atom is 0.117 e. The molecule has 0 unspecified atom stereocenters. The lowest BCUT2D eigenvalue weighted by Gasteiger charge is -1.95. The molecule has 0 bridgehead atoms. The molecule has 0 aliphatic heterocycles. The lowest BCUT2D eigenvalue weighted by Crippen LogP contribution is -1.87. The van der Waals surface area contributed by atoms with Crippen LogP contribution >= 0.6 is 11.3 Å². The van der Waals surface area contributed by atoms with Gasteiger partial charge in [0.15, 0.2) is 0 Å². The molecular weight excluding hydrogens is 184 g/mol. The third kappa shape index (κ3) is 1.53. The number of hydrogen-bond donors (Lipinski definition) is 2. The Morgan fingerprint density at radius 2 is 2.15 bits per heavy atom. The number of benzene rings is 1. The van der Waals surface area contributed by atoms with Gasteiger partial charge in [-0.3, -0.25) is 0 Å². The Hall–Kier alpha value is -1.06. The number of thiophene rings is 1. The Kier molecular flexibility index (Phi) is 2.20. The van der Waals surface area contributed by atoms with E-state index in [1.54, 1.807) is 23.5 Å². The molecule has 0 spiro atoms. The van der Waals surface area contributed by atoms with Crippen molar-refractivity contribution in [3.63, 3.8) is 0 Å². The van der Waals surface area contributed by atoms with Crippen LogP contribution in [0.1, 0.15) is 5.56 Å². The quantitative estimate of drug-likeness (QED) is 0.769. The standard InChI is InChI=1S/C10H10O2S/c11-4-3-7-6-13-10-5-8(12)1-2-9(7)10/h1-2,5-6,11-12H,3-4H2. The van der Waals surface area contributed by atoms with E-state index in [2.05, 4.69) is 0 Å². The monoisotopic (exact) mass is 194 g/mol. The first kappa shape index (κ1) is 8.53. The van der Waals surface area contributed by atoms with Gasteiger partial charge in [0.05, 0.1) is 0 Å². The summed E-state index contributed by atoms with van der Waals surface area (Å²) in [5.41, 5.74) is 1.16. The summed E-state index contributed by atoms with van der Waals surface area (Å²) in [6.45, 7) is 0.173. The highest BCUT2D eigenvalue weighted by atomic mass is 32.1. The third-order valence-electron chi connectivity index (χ3n) is 2.02. The summed E-state index contributed by atoms with van der Waals surface area (Å²) in [5, 5.41) is 21.2. The number of fused-ring (bicyclic) bond motifs is 1. The van der Waals surface area contributed by atoms with Crippen LogP contribution in [-0.2, 0) is 6.42 Å². The van der Waals surface area contributed by atoms with Crippen LogP contribution in [0.25, 0.3) is 10.1 Å². The van der Waals surface area contributed by atoms with Gasteiger partial charge in [-0.15, -0.1) is 11.3 Å². The molecule has 0 aliphatic rings. The number of rotatable bonds is 2. The molecule has 2 nitrogen and oxygen atoms in total. The minimum Gasteiger partial charge on any atom is -0.508 e. The van der Waals surface area contributed by atoms with Crippen molar-refractivity contribution in [2.75, 3.05) is 6.61 Å². The Labute approximate surface area is 80.1 Å². The van der Waals surface area contributed by atoms with Crippen LogP contribution in [0.2, 0.25) is 0 Å². The maximum atomic E-state index is 9.23. The second-order valence-electron chi connectivity index (χ2n) is 2.92. The minimum absolute atomic E-state index is 0.173. The lowest BCUT2D eigenvalue weighted by molar-refractivity contribution is 0.300. The van der Waals surface area contributed by atoms with Crippen LogP contribution in [0.5, 0.6) is 5.75 Å². The van der Waals surface area contributed by atoms with Gasteiger partial charge in [0.1, 0.15) is 5.75 Å². The van der Waals surface area contributed by atoms with E-state index in [1.165, 1.54) is 0 Å². The topological polar surface area (TPSA) is 40.5 Å². The van der Waals surface area contributed by atoms with Crippen molar-refractivity contribution in [1.82, 2.24) is 0 Å². The second kappa shape index (κ2) is 3.36. The molecular formula is C10H10O2S. The third-order valence-corrected chi connectivity index (χ3v) is 3.01. The first-order valence-electron chi connectivity index (χ1n) is 4.11. The van der Waals surface area contributed by atoms with E-state index in [4.69, 9.17) is 5.11 Å². The van der Waals surface area contributed by atoms with Gasteiger partial charge in [-0.2, -0.15) is 0 Å². The first-order chi connectivity index (χ1) is 6.31. The number of phenolic OH excluding ortho intramolecular Hbond substituents is 1. The predicted molar refractivity (Wildman–Crippen MR) is 54.3 cm³/mol. The molecule has 2 N–H and O–H groups in total. The smallest absolute Gasteiger partial charge is 0.117 e. The molecule has 2 rings (SSSR count). The highest BCUT2D eigenvalue weighted by Gasteiger charge is 2.03. The van der Waals surface area contributed by atoms with Crippen LogP contribution in [0.3, 0.4) is 0 Å². The average Bonchev–Trinajstić information content (AvgIpc) is 2.49. The molecule has 1 aromatic heterocycles. The number of aliphatic hydroxyl groups excluding tert-OH is 1. The largest absolute Gasteiger partial charge is 0.508 e. The maximum absolute atomic E-state index is 9.23. The molecule has 1 aromatic carbocycles. The zero-order chi connectivity index (χ0) is 9.26. The van der Waals surface area contributed by atoms with Gasteiger partial charge < -0.3 is 10.2 Å². The summed E-state index contributed by atoms with van der Waals surface area (Å²) in [5.74, 6) is 0.296. The summed E-state index contributed by atoms with van der Waals surface area (Å²) in [4.78, 5) is 0. The van der Waals surface area contributed by atoms with Gasteiger partial charge in [-0.25, -0.2) is 0 Å². The van der Waals surface area contributed by atoms with E-state index in [0.717, 1.165) is 15.6 Å². The fourth-order valence-corrected chi connectivity index (χ4v) is 2.41. The zero-order valence-corrected chi connectivity index (χ0v) is 7.84. The van der Waals surface area contributed by atoms with Gasteiger partial charge in [0.2, 0.25) is 0 Å². The van der Waals surface area contributed by atoms with E-state index in [1.807, 2.05) is 11.4 Å². The highest BCUT2D eigenvalue weighted by Crippen LogP contribution is 2.29. The summed E-state index contributed by atoms with van der Waals surface area (Å²) < 4.78 is 1.07. The van der Waals surface area contributed by atoms with Crippen molar-refractivity contribution in [2.45, 2.75) is 6.42 Å². The van der Waals surface area contributed by atoms with Crippen molar-refractivity contribution < 1.29 is 10.2 Å². The van der Waals surface area contributed by atoms with Crippen molar-refractivity contribution in [2.24, 2.45) is 0 Å². The molecule has 0 atom stereocenters. The molecule has 3 heteroatoms. The predicted octanol–water partition coefficient (Wildman–Crippen LogP) is 2.14. The van der Waals surface area contributed by atoms with Crippen molar-refractivity contribution >= 4 is 21.4 Å². The molecule has 0 aliphatic carbocycles. The molecule has 0 saturated carbocycles. The summed E-state index contributed by atoms with van der Waals surface area (Å²) >= 11 is 1.60. The van der Waals surface area contributed by atoms with Gasteiger partial charge in [-0.05, 0) is 40.9 Å². The molecule has 1 heterocycles. The molecule has 0 amide bonds.